The van der Waals surface area contributed by atoms with Crippen LogP contribution in [0.15, 0.2) is 24.3 Å². The van der Waals surface area contributed by atoms with Gasteiger partial charge >= 0.3 is 12.1 Å². The van der Waals surface area contributed by atoms with Crippen molar-refractivity contribution in [3.8, 4) is 0 Å². The molecule has 1 N–H and O–H groups in total. The maximum atomic E-state index is 12.1. The molecule has 7 heteroatoms. The van der Waals surface area contributed by atoms with E-state index >= 15 is 0 Å². The normalized spacial score (nSPS) is 11.2. The third-order valence-corrected chi connectivity index (χ3v) is 6.14. The fraction of sp³-hybridized carbons (Fsp3) is 0.529. The Balaban J connectivity index is 2.48. The molecule has 1 amide bonds. The highest BCUT2D eigenvalue weighted by atomic mass is 33.1. The molecular weight excluding hydrogens is 346 g/mol. The van der Waals surface area contributed by atoms with E-state index in [1.807, 2.05) is 31.2 Å². The molecule has 0 saturated carbocycles. The number of ether oxygens (including phenoxy) is 1. The van der Waals surface area contributed by atoms with Gasteiger partial charge in [-0.25, -0.2) is 4.79 Å². The third-order valence-electron chi connectivity index (χ3n) is 2.82. The van der Waals surface area contributed by atoms with E-state index < -0.39 is 12.1 Å². The second-order valence-corrected chi connectivity index (χ2v) is 9.62. The zero-order valence-corrected chi connectivity index (χ0v) is 16.2. The van der Waals surface area contributed by atoms with Gasteiger partial charge in [-0.3, -0.25) is 9.69 Å². The summed E-state index contributed by atoms with van der Waals surface area (Å²) < 4.78 is 5.36. The summed E-state index contributed by atoms with van der Waals surface area (Å²) >= 11 is 0. The van der Waals surface area contributed by atoms with Gasteiger partial charge in [0, 0.05) is 17.0 Å². The van der Waals surface area contributed by atoms with E-state index in [0.29, 0.717) is 12.3 Å². The number of aliphatic carboxylic acids is 1. The van der Waals surface area contributed by atoms with Crippen LogP contribution in [-0.4, -0.2) is 45.7 Å². The number of benzene rings is 1. The van der Waals surface area contributed by atoms with Gasteiger partial charge in [-0.15, -0.1) is 0 Å². The van der Waals surface area contributed by atoms with E-state index in [9.17, 15) is 9.59 Å². The van der Waals surface area contributed by atoms with E-state index in [1.165, 1.54) is 4.90 Å². The average molecular weight is 372 g/mol. The minimum atomic E-state index is -1.05. The van der Waals surface area contributed by atoms with E-state index in [2.05, 4.69) is 20.8 Å². The first-order valence-electron chi connectivity index (χ1n) is 7.67. The lowest BCUT2D eigenvalue weighted by molar-refractivity contribution is -0.137. The third kappa shape index (κ3) is 9.08. The number of aryl methyl sites for hydroxylation is 1. The maximum absolute atomic E-state index is 12.1. The average Bonchev–Trinajstić information content (AvgIpc) is 2.48. The highest BCUT2D eigenvalue weighted by molar-refractivity contribution is 8.77. The zero-order valence-electron chi connectivity index (χ0n) is 14.6. The van der Waals surface area contributed by atoms with E-state index in [-0.39, 0.29) is 17.9 Å². The molecule has 0 aromatic heterocycles. The highest BCUT2D eigenvalue weighted by Crippen LogP contribution is 2.34. The number of nitrogens with zero attached hydrogens (tertiary/aromatic N) is 1. The molecule has 1 rings (SSSR count). The second-order valence-electron chi connectivity index (χ2n) is 6.37. The number of hydrogen-bond donors (Lipinski definition) is 1. The number of amides is 1. The smallest absolute Gasteiger partial charge is 0.410 e. The summed E-state index contributed by atoms with van der Waals surface area (Å²) in [6, 6.07) is 7.66. The molecule has 0 saturated heterocycles. The van der Waals surface area contributed by atoms with Crippen molar-refractivity contribution in [3.05, 3.63) is 35.4 Å². The molecule has 0 aliphatic rings. The summed E-state index contributed by atoms with van der Waals surface area (Å²) in [6.45, 7) is 8.43. The predicted octanol–water partition coefficient (Wildman–Crippen LogP) is 4.20. The largest absolute Gasteiger partial charge is 0.480 e. The molecule has 0 heterocycles. The van der Waals surface area contributed by atoms with Crippen LogP contribution < -0.4 is 0 Å². The van der Waals surface area contributed by atoms with Crippen LogP contribution in [0.5, 0.6) is 0 Å². The van der Waals surface area contributed by atoms with Crippen LogP contribution in [0.25, 0.3) is 0 Å². The Morgan fingerprint density at radius 1 is 1.21 bits per heavy atom. The predicted molar refractivity (Wildman–Crippen MR) is 100 cm³/mol. The molecular formula is C17H25NO4S2. The molecule has 0 fully saturated rings. The van der Waals surface area contributed by atoms with Gasteiger partial charge < -0.3 is 9.84 Å². The Morgan fingerprint density at radius 3 is 2.38 bits per heavy atom. The summed E-state index contributed by atoms with van der Waals surface area (Å²) in [7, 11) is 3.33. The number of hydrogen-bond acceptors (Lipinski definition) is 5. The van der Waals surface area contributed by atoms with E-state index in [1.54, 1.807) is 21.6 Å². The molecule has 0 bridgehead atoms. The molecule has 0 unspecified atom stereocenters. The SMILES string of the molecule is Cc1ccc(COC(=O)N(CCSSC(C)(C)C)CC(=O)O)cc1. The van der Waals surface area contributed by atoms with Crippen LogP contribution in [0.1, 0.15) is 31.9 Å². The number of carbonyl (C=O) groups excluding carboxylic acids is 1. The van der Waals surface area contributed by atoms with Crippen molar-refractivity contribution in [2.45, 2.75) is 39.0 Å². The van der Waals surface area contributed by atoms with Crippen LogP contribution in [0.2, 0.25) is 0 Å². The summed E-state index contributed by atoms with van der Waals surface area (Å²) in [4.78, 5) is 24.3. The van der Waals surface area contributed by atoms with Gasteiger partial charge in [0.15, 0.2) is 0 Å². The molecule has 1 aromatic carbocycles. The number of rotatable bonds is 8. The minimum absolute atomic E-state index is 0.119. The lowest BCUT2D eigenvalue weighted by Gasteiger charge is -2.21. The van der Waals surface area contributed by atoms with Crippen LogP contribution in [0.4, 0.5) is 4.79 Å². The minimum Gasteiger partial charge on any atom is -0.480 e. The first-order valence-corrected chi connectivity index (χ1v) is 9.99. The standard InChI is InChI=1S/C17H25NO4S2/c1-13-5-7-14(8-6-13)12-22-16(21)18(11-15(19)20)9-10-23-24-17(2,3)4/h5-8H,9-12H2,1-4H3,(H,19,20). The Hall–Kier alpha value is -1.34. The Morgan fingerprint density at radius 2 is 1.83 bits per heavy atom. The molecule has 5 nitrogen and oxygen atoms in total. The number of carbonyl (C=O) groups is 2. The van der Waals surface area contributed by atoms with Crippen LogP contribution >= 0.6 is 21.6 Å². The molecule has 0 aliphatic carbocycles. The van der Waals surface area contributed by atoms with Gasteiger partial charge in [-0.2, -0.15) is 0 Å². The van der Waals surface area contributed by atoms with Gasteiger partial charge in [0.25, 0.3) is 0 Å². The Labute approximate surface area is 151 Å². The monoisotopic (exact) mass is 371 g/mol. The molecule has 0 atom stereocenters. The first kappa shape index (κ1) is 20.7. The van der Waals surface area contributed by atoms with Crippen LogP contribution in [0.3, 0.4) is 0 Å². The Kier molecular flexibility index (Phi) is 8.48. The van der Waals surface area contributed by atoms with Gasteiger partial charge in [-0.1, -0.05) is 72.2 Å². The number of carboxylic acid groups (broad SMARTS) is 1. The number of carboxylic acids is 1. The van der Waals surface area contributed by atoms with Gasteiger partial charge in [0.2, 0.25) is 0 Å². The molecule has 134 valence electrons. The van der Waals surface area contributed by atoms with Crippen molar-refractivity contribution < 1.29 is 19.4 Å². The lowest BCUT2D eigenvalue weighted by atomic mass is 10.2. The maximum Gasteiger partial charge on any atom is 0.410 e. The zero-order chi connectivity index (χ0) is 18.2. The van der Waals surface area contributed by atoms with Crippen molar-refractivity contribution >= 4 is 33.7 Å². The summed E-state index contributed by atoms with van der Waals surface area (Å²) in [5.74, 6) is -0.398. The van der Waals surface area contributed by atoms with Gasteiger partial charge in [-0.05, 0) is 12.5 Å². The Bertz CT molecular complexity index is 541. The quantitative estimate of drug-likeness (QED) is 0.546. The summed E-state index contributed by atoms with van der Waals surface area (Å²) in [5, 5.41) is 8.97. The first-order chi connectivity index (χ1) is 11.2. The second kappa shape index (κ2) is 9.84. The van der Waals surface area contributed by atoms with Crippen LogP contribution in [0, 0.1) is 6.92 Å². The van der Waals surface area contributed by atoms with Crippen molar-refractivity contribution in [3.63, 3.8) is 0 Å². The summed E-state index contributed by atoms with van der Waals surface area (Å²) in [6.07, 6.45) is -0.598. The fourth-order valence-corrected chi connectivity index (χ4v) is 3.95. The van der Waals surface area contributed by atoms with Gasteiger partial charge in [0.1, 0.15) is 13.2 Å². The van der Waals surface area contributed by atoms with Crippen molar-refractivity contribution in [2.24, 2.45) is 0 Å². The van der Waals surface area contributed by atoms with Crippen molar-refractivity contribution in [1.82, 2.24) is 4.90 Å². The fourth-order valence-electron chi connectivity index (χ4n) is 1.68. The van der Waals surface area contributed by atoms with Crippen LogP contribution in [-0.2, 0) is 16.1 Å². The molecule has 0 aliphatic heterocycles. The highest BCUT2D eigenvalue weighted by Gasteiger charge is 2.19. The van der Waals surface area contributed by atoms with Crippen molar-refractivity contribution in [1.29, 1.82) is 0 Å². The molecule has 1 aromatic rings. The summed E-state index contributed by atoms with van der Waals surface area (Å²) in [5.41, 5.74) is 2.01. The van der Waals surface area contributed by atoms with E-state index in [0.717, 1.165) is 11.1 Å². The molecule has 24 heavy (non-hydrogen) atoms. The van der Waals surface area contributed by atoms with Gasteiger partial charge in [0.05, 0.1) is 0 Å². The lowest BCUT2D eigenvalue weighted by Crippen LogP contribution is -2.37. The topological polar surface area (TPSA) is 66.8 Å². The molecule has 0 radical (unpaired) electrons. The van der Waals surface area contributed by atoms with E-state index in [4.69, 9.17) is 9.84 Å². The van der Waals surface area contributed by atoms with Crippen molar-refractivity contribution in [2.75, 3.05) is 18.8 Å². The molecule has 0 spiro atoms.